The minimum atomic E-state index is 0.676. The second-order valence-corrected chi connectivity index (χ2v) is 6.09. The molecule has 0 amide bonds. The monoisotopic (exact) mass is 230 g/mol. The molecule has 0 aliphatic carbocycles. The van der Waals surface area contributed by atoms with E-state index in [0.29, 0.717) is 6.04 Å². The maximum absolute atomic E-state index is 3.52. The molecule has 90 valence electrons. The van der Waals surface area contributed by atoms with Crippen molar-refractivity contribution in [2.24, 2.45) is 0 Å². The molecule has 0 aromatic carbocycles. The third-order valence-electron chi connectivity index (χ3n) is 3.37. The van der Waals surface area contributed by atoms with Gasteiger partial charge in [-0.2, -0.15) is 11.8 Å². The van der Waals surface area contributed by atoms with Crippen LogP contribution in [-0.2, 0) is 0 Å². The summed E-state index contributed by atoms with van der Waals surface area (Å²) in [6, 6.07) is 1.40. The summed E-state index contributed by atoms with van der Waals surface area (Å²) >= 11 is 2.11. The SMILES string of the molecule is CCCNCC(C)N1CCSC(C)C1C. The highest BCUT2D eigenvalue weighted by atomic mass is 32.2. The van der Waals surface area contributed by atoms with Crippen molar-refractivity contribution >= 4 is 11.8 Å². The van der Waals surface area contributed by atoms with Crippen molar-refractivity contribution in [3.63, 3.8) is 0 Å². The number of rotatable bonds is 5. The van der Waals surface area contributed by atoms with E-state index in [9.17, 15) is 0 Å². The Morgan fingerprint density at radius 2 is 2.20 bits per heavy atom. The Morgan fingerprint density at radius 1 is 1.47 bits per heavy atom. The zero-order chi connectivity index (χ0) is 11.3. The van der Waals surface area contributed by atoms with Gasteiger partial charge in [0.1, 0.15) is 0 Å². The third-order valence-corrected chi connectivity index (χ3v) is 4.70. The largest absolute Gasteiger partial charge is 0.315 e. The van der Waals surface area contributed by atoms with E-state index in [2.05, 4.69) is 49.7 Å². The predicted octanol–water partition coefficient (Wildman–Crippen LogP) is 2.20. The van der Waals surface area contributed by atoms with Crippen LogP contribution in [0.5, 0.6) is 0 Å². The van der Waals surface area contributed by atoms with Crippen LogP contribution in [0.1, 0.15) is 34.1 Å². The molecule has 1 aliphatic heterocycles. The molecule has 1 heterocycles. The molecule has 15 heavy (non-hydrogen) atoms. The first-order chi connectivity index (χ1) is 7.16. The number of thioether (sulfide) groups is 1. The van der Waals surface area contributed by atoms with Crippen LogP contribution in [0.4, 0.5) is 0 Å². The van der Waals surface area contributed by atoms with Gasteiger partial charge in [0.15, 0.2) is 0 Å². The molecule has 1 N–H and O–H groups in total. The molecule has 0 bridgehead atoms. The number of nitrogens with one attached hydrogen (secondary N) is 1. The summed E-state index contributed by atoms with van der Waals surface area (Å²) < 4.78 is 0. The summed E-state index contributed by atoms with van der Waals surface area (Å²) in [4.78, 5) is 2.66. The molecule has 1 fully saturated rings. The first-order valence-electron chi connectivity index (χ1n) is 6.24. The van der Waals surface area contributed by atoms with Gasteiger partial charge in [0.2, 0.25) is 0 Å². The lowest BCUT2D eigenvalue weighted by atomic mass is 10.1. The minimum absolute atomic E-state index is 0.676. The maximum Gasteiger partial charge on any atom is 0.0195 e. The fourth-order valence-electron chi connectivity index (χ4n) is 2.18. The van der Waals surface area contributed by atoms with Crippen LogP contribution in [0.3, 0.4) is 0 Å². The van der Waals surface area contributed by atoms with Crippen molar-refractivity contribution in [1.29, 1.82) is 0 Å². The van der Waals surface area contributed by atoms with Gasteiger partial charge in [0.25, 0.3) is 0 Å². The summed E-state index contributed by atoms with van der Waals surface area (Å²) in [6.45, 7) is 12.8. The van der Waals surface area contributed by atoms with Crippen LogP contribution in [-0.4, -0.2) is 47.6 Å². The second-order valence-electron chi connectivity index (χ2n) is 4.61. The highest BCUT2D eigenvalue weighted by Gasteiger charge is 2.28. The van der Waals surface area contributed by atoms with Crippen molar-refractivity contribution in [2.45, 2.75) is 51.4 Å². The molecule has 3 atom stereocenters. The normalized spacial score (nSPS) is 30.4. The summed E-state index contributed by atoms with van der Waals surface area (Å²) in [5.74, 6) is 1.30. The van der Waals surface area contributed by atoms with Gasteiger partial charge in [0.05, 0.1) is 0 Å². The van der Waals surface area contributed by atoms with Crippen molar-refractivity contribution in [1.82, 2.24) is 10.2 Å². The van der Waals surface area contributed by atoms with E-state index in [-0.39, 0.29) is 0 Å². The molecule has 1 saturated heterocycles. The van der Waals surface area contributed by atoms with E-state index in [1.54, 1.807) is 0 Å². The zero-order valence-corrected chi connectivity index (χ0v) is 11.4. The van der Waals surface area contributed by atoms with Crippen LogP contribution in [0, 0.1) is 0 Å². The van der Waals surface area contributed by atoms with Crippen molar-refractivity contribution in [3.05, 3.63) is 0 Å². The smallest absolute Gasteiger partial charge is 0.0195 e. The van der Waals surface area contributed by atoms with E-state index >= 15 is 0 Å². The highest BCUT2D eigenvalue weighted by molar-refractivity contribution is 8.00. The number of hydrogen-bond acceptors (Lipinski definition) is 3. The Labute approximate surface area is 99.2 Å². The Hall–Kier alpha value is 0.270. The van der Waals surface area contributed by atoms with Gasteiger partial charge >= 0.3 is 0 Å². The van der Waals surface area contributed by atoms with Gasteiger partial charge < -0.3 is 5.32 Å². The van der Waals surface area contributed by atoms with Gasteiger partial charge in [0, 0.05) is 36.2 Å². The number of nitrogens with zero attached hydrogens (tertiary/aromatic N) is 1. The minimum Gasteiger partial charge on any atom is -0.315 e. The van der Waals surface area contributed by atoms with E-state index < -0.39 is 0 Å². The average molecular weight is 230 g/mol. The van der Waals surface area contributed by atoms with E-state index in [4.69, 9.17) is 0 Å². The molecule has 0 saturated carbocycles. The average Bonchev–Trinajstić information content (AvgIpc) is 2.22. The molecular formula is C12H26N2S. The first-order valence-corrected chi connectivity index (χ1v) is 7.29. The lowest BCUT2D eigenvalue weighted by Gasteiger charge is -2.41. The third kappa shape index (κ3) is 3.97. The quantitative estimate of drug-likeness (QED) is 0.729. The zero-order valence-electron chi connectivity index (χ0n) is 10.6. The molecule has 3 unspecified atom stereocenters. The van der Waals surface area contributed by atoms with Crippen molar-refractivity contribution in [2.75, 3.05) is 25.4 Å². The fraction of sp³-hybridized carbons (Fsp3) is 1.00. The molecule has 0 aromatic heterocycles. The Bertz CT molecular complexity index is 175. The van der Waals surface area contributed by atoms with Crippen molar-refractivity contribution < 1.29 is 0 Å². The maximum atomic E-state index is 3.52. The van der Waals surface area contributed by atoms with E-state index in [0.717, 1.165) is 24.4 Å². The molecule has 3 heteroatoms. The fourth-order valence-corrected chi connectivity index (χ4v) is 3.31. The molecular weight excluding hydrogens is 204 g/mol. The van der Waals surface area contributed by atoms with Crippen molar-refractivity contribution in [3.8, 4) is 0 Å². The summed E-state index contributed by atoms with van der Waals surface area (Å²) in [5, 5.41) is 4.30. The molecule has 1 rings (SSSR count). The first kappa shape index (κ1) is 13.3. The highest BCUT2D eigenvalue weighted by Crippen LogP contribution is 2.25. The summed E-state index contributed by atoms with van der Waals surface area (Å²) in [7, 11) is 0. The van der Waals surface area contributed by atoms with Gasteiger partial charge in [-0.3, -0.25) is 4.90 Å². The summed E-state index contributed by atoms with van der Waals surface area (Å²) in [5.41, 5.74) is 0. The Morgan fingerprint density at radius 3 is 2.87 bits per heavy atom. The van der Waals surface area contributed by atoms with Gasteiger partial charge in [-0.15, -0.1) is 0 Å². The van der Waals surface area contributed by atoms with Crippen LogP contribution in [0.25, 0.3) is 0 Å². The van der Waals surface area contributed by atoms with E-state index in [1.807, 2.05) is 0 Å². The van der Waals surface area contributed by atoms with Crippen LogP contribution in [0.15, 0.2) is 0 Å². The summed E-state index contributed by atoms with van der Waals surface area (Å²) in [6.07, 6.45) is 1.23. The Balaban J connectivity index is 2.33. The van der Waals surface area contributed by atoms with Gasteiger partial charge in [-0.1, -0.05) is 13.8 Å². The van der Waals surface area contributed by atoms with Gasteiger partial charge in [-0.25, -0.2) is 0 Å². The van der Waals surface area contributed by atoms with Crippen LogP contribution in [0.2, 0.25) is 0 Å². The lowest BCUT2D eigenvalue weighted by Crippen LogP contribution is -2.52. The molecule has 0 radical (unpaired) electrons. The van der Waals surface area contributed by atoms with Crippen LogP contribution < -0.4 is 5.32 Å². The van der Waals surface area contributed by atoms with Gasteiger partial charge in [-0.05, 0) is 26.8 Å². The standard InChI is InChI=1S/C12H26N2S/c1-5-6-13-9-10(2)14-7-8-15-12(4)11(14)3/h10-13H,5-9H2,1-4H3. The molecule has 0 aromatic rings. The predicted molar refractivity (Wildman–Crippen MR) is 70.7 cm³/mol. The molecule has 1 aliphatic rings. The second kappa shape index (κ2) is 6.77. The number of hydrogen-bond donors (Lipinski definition) is 1. The molecule has 0 spiro atoms. The lowest BCUT2D eigenvalue weighted by molar-refractivity contribution is 0.155. The Kier molecular flexibility index (Phi) is 6.02. The van der Waals surface area contributed by atoms with E-state index in [1.165, 1.54) is 18.7 Å². The topological polar surface area (TPSA) is 15.3 Å². The molecule has 2 nitrogen and oxygen atoms in total. The van der Waals surface area contributed by atoms with Crippen LogP contribution >= 0.6 is 11.8 Å².